The predicted octanol–water partition coefficient (Wildman–Crippen LogP) is 3.98. The molecule has 1 heterocycles. The standard InChI is InChI=1S/C12H9ClF3N3O/c1-17-11-18-9(12(14,15)16)6-10(19-11)20-8-4-2-7(13)3-5-8/h2-6H,1H3,(H,17,18,19). The highest BCUT2D eigenvalue weighted by Crippen LogP contribution is 2.31. The molecule has 0 amide bonds. The number of ether oxygens (including phenoxy) is 1. The van der Waals surface area contributed by atoms with Crippen molar-refractivity contribution in [1.82, 2.24) is 9.97 Å². The van der Waals surface area contributed by atoms with Gasteiger partial charge < -0.3 is 10.1 Å². The normalized spacial score (nSPS) is 11.2. The summed E-state index contributed by atoms with van der Waals surface area (Å²) in [6, 6.07) is 6.90. The van der Waals surface area contributed by atoms with Gasteiger partial charge in [-0.05, 0) is 24.3 Å². The number of alkyl halides is 3. The van der Waals surface area contributed by atoms with Gasteiger partial charge in [0, 0.05) is 18.1 Å². The van der Waals surface area contributed by atoms with Gasteiger partial charge in [0.15, 0.2) is 5.69 Å². The molecule has 2 aromatic rings. The molecule has 20 heavy (non-hydrogen) atoms. The van der Waals surface area contributed by atoms with Crippen molar-refractivity contribution in [2.75, 3.05) is 12.4 Å². The zero-order valence-corrected chi connectivity index (χ0v) is 11.0. The monoisotopic (exact) mass is 303 g/mol. The first-order valence-corrected chi connectivity index (χ1v) is 5.84. The quantitative estimate of drug-likeness (QED) is 0.931. The number of benzene rings is 1. The Bertz CT molecular complexity index is 602. The molecule has 0 bridgehead atoms. The van der Waals surface area contributed by atoms with Gasteiger partial charge in [-0.25, -0.2) is 4.98 Å². The molecule has 0 radical (unpaired) electrons. The summed E-state index contributed by atoms with van der Waals surface area (Å²) >= 11 is 5.71. The second-order valence-corrected chi connectivity index (χ2v) is 4.16. The van der Waals surface area contributed by atoms with E-state index >= 15 is 0 Å². The van der Waals surface area contributed by atoms with Crippen molar-refractivity contribution in [2.24, 2.45) is 0 Å². The molecular weight excluding hydrogens is 295 g/mol. The smallest absolute Gasteiger partial charge is 0.433 e. The van der Waals surface area contributed by atoms with Gasteiger partial charge in [0.05, 0.1) is 0 Å². The number of nitrogens with one attached hydrogen (secondary N) is 1. The Morgan fingerprint density at radius 2 is 1.80 bits per heavy atom. The van der Waals surface area contributed by atoms with Crippen molar-refractivity contribution in [3.63, 3.8) is 0 Å². The summed E-state index contributed by atoms with van der Waals surface area (Å²) in [7, 11) is 1.42. The van der Waals surface area contributed by atoms with Crippen molar-refractivity contribution >= 4 is 17.5 Å². The molecule has 0 aliphatic carbocycles. The van der Waals surface area contributed by atoms with E-state index in [1.54, 1.807) is 12.1 Å². The average molecular weight is 304 g/mol. The molecule has 4 nitrogen and oxygen atoms in total. The fraction of sp³-hybridized carbons (Fsp3) is 0.167. The van der Waals surface area contributed by atoms with Gasteiger partial charge in [-0.2, -0.15) is 18.2 Å². The van der Waals surface area contributed by atoms with Gasteiger partial charge in [0.2, 0.25) is 11.8 Å². The van der Waals surface area contributed by atoms with Crippen molar-refractivity contribution < 1.29 is 17.9 Å². The van der Waals surface area contributed by atoms with Gasteiger partial charge in [-0.1, -0.05) is 11.6 Å². The second-order valence-electron chi connectivity index (χ2n) is 3.72. The highest BCUT2D eigenvalue weighted by molar-refractivity contribution is 6.30. The Labute approximate surface area is 117 Å². The molecule has 0 saturated heterocycles. The van der Waals surface area contributed by atoms with E-state index in [9.17, 15) is 13.2 Å². The minimum Gasteiger partial charge on any atom is -0.439 e. The first-order valence-electron chi connectivity index (χ1n) is 5.46. The summed E-state index contributed by atoms with van der Waals surface area (Å²) in [6.07, 6.45) is -4.58. The lowest BCUT2D eigenvalue weighted by Gasteiger charge is -2.10. The van der Waals surface area contributed by atoms with Crippen molar-refractivity contribution in [1.29, 1.82) is 0 Å². The van der Waals surface area contributed by atoms with Crippen LogP contribution in [0.3, 0.4) is 0 Å². The van der Waals surface area contributed by atoms with Gasteiger partial charge in [-0.15, -0.1) is 0 Å². The molecule has 2 rings (SSSR count). The van der Waals surface area contributed by atoms with E-state index in [2.05, 4.69) is 15.3 Å². The van der Waals surface area contributed by atoms with E-state index in [-0.39, 0.29) is 11.8 Å². The maximum Gasteiger partial charge on any atom is 0.433 e. The maximum atomic E-state index is 12.7. The van der Waals surface area contributed by atoms with Crippen molar-refractivity contribution in [3.8, 4) is 11.6 Å². The molecule has 0 fully saturated rings. The molecule has 1 aromatic carbocycles. The fourth-order valence-electron chi connectivity index (χ4n) is 1.36. The predicted molar refractivity (Wildman–Crippen MR) is 68.1 cm³/mol. The highest BCUT2D eigenvalue weighted by Gasteiger charge is 2.34. The summed E-state index contributed by atoms with van der Waals surface area (Å²) in [5.74, 6) is -0.0638. The Hall–Kier alpha value is -2.02. The number of anilines is 1. The van der Waals surface area contributed by atoms with E-state index < -0.39 is 11.9 Å². The lowest BCUT2D eigenvalue weighted by Crippen LogP contribution is -2.11. The zero-order chi connectivity index (χ0) is 14.8. The van der Waals surface area contributed by atoms with E-state index in [1.165, 1.54) is 19.2 Å². The lowest BCUT2D eigenvalue weighted by atomic mass is 10.3. The van der Waals surface area contributed by atoms with Gasteiger partial charge in [0.25, 0.3) is 0 Å². The van der Waals surface area contributed by atoms with Crippen LogP contribution in [0.1, 0.15) is 5.69 Å². The van der Waals surface area contributed by atoms with E-state index in [0.717, 1.165) is 6.07 Å². The Kier molecular flexibility index (Phi) is 3.99. The van der Waals surface area contributed by atoms with Crippen molar-refractivity contribution in [2.45, 2.75) is 6.18 Å². The van der Waals surface area contributed by atoms with Crippen LogP contribution in [0, 0.1) is 0 Å². The Morgan fingerprint density at radius 3 is 2.35 bits per heavy atom. The number of hydrogen-bond acceptors (Lipinski definition) is 4. The fourth-order valence-corrected chi connectivity index (χ4v) is 1.48. The lowest BCUT2D eigenvalue weighted by molar-refractivity contribution is -0.141. The second kappa shape index (κ2) is 5.54. The van der Waals surface area contributed by atoms with Crippen LogP contribution < -0.4 is 10.1 Å². The summed E-state index contributed by atoms with van der Waals surface area (Å²) in [6.45, 7) is 0. The number of halogens is 4. The molecule has 0 saturated carbocycles. The Morgan fingerprint density at radius 1 is 1.15 bits per heavy atom. The van der Waals surface area contributed by atoms with Crippen LogP contribution in [0.25, 0.3) is 0 Å². The van der Waals surface area contributed by atoms with E-state index in [4.69, 9.17) is 16.3 Å². The van der Waals surface area contributed by atoms with Crippen molar-refractivity contribution in [3.05, 3.63) is 41.0 Å². The van der Waals surface area contributed by atoms with E-state index in [0.29, 0.717) is 10.8 Å². The SMILES string of the molecule is CNc1nc(Oc2ccc(Cl)cc2)cc(C(F)(F)F)n1. The number of nitrogens with zero attached hydrogens (tertiary/aromatic N) is 2. The summed E-state index contributed by atoms with van der Waals surface area (Å²) in [5, 5.41) is 2.94. The van der Waals surface area contributed by atoms with Crippen LogP contribution in [-0.4, -0.2) is 17.0 Å². The van der Waals surface area contributed by atoms with E-state index in [1.807, 2.05) is 0 Å². The number of aromatic nitrogens is 2. The van der Waals surface area contributed by atoms with Crippen LogP contribution in [0.5, 0.6) is 11.6 Å². The largest absolute Gasteiger partial charge is 0.439 e. The summed E-state index contributed by atoms with van der Waals surface area (Å²) < 4.78 is 43.3. The van der Waals surface area contributed by atoms with Gasteiger partial charge in [-0.3, -0.25) is 0 Å². The van der Waals surface area contributed by atoms with Crippen LogP contribution in [0.2, 0.25) is 5.02 Å². The third-order valence-electron chi connectivity index (χ3n) is 2.25. The minimum atomic E-state index is -4.58. The van der Waals surface area contributed by atoms with Crippen LogP contribution >= 0.6 is 11.6 Å². The van der Waals surface area contributed by atoms with Crippen LogP contribution in [0.15, 0.2) is 30.3 Å². The molecule has 0 aliphatic heterocycles. The molecule has 0 spiro atoms. The third-order valence-corrected chi connectivity index (χ3v) is 2.50. The van der Waals surface area contributed by atoms with Gasteiger partial charge in [0.1, 0.15) is 5.75 Å². The molecule has 0 unspecified atom stereocenters. The summed E-state index contributed by atoms with van der Waals surface area (Å²) in [5.41, 5.74) is -1.08. The summed E-state index contributed by atoms with van der Waals surface area (Å²) in [4.78, 5) is 7.14. The van der Waals surface area contributed by atoms with Crippen LogP contribution in [-0.2, 0) is 6.18 Å². The highest BCUT2D eigenvalue weighted by atomic mass is 35.5. The average Bonchev–Trinajstić information content (AvgIpc) is 2.40. The molecule has 106 valence electrons. The first kappa shape index (κ1) is 14.4. The molecule has 8 heteroatoms. The molecule has 1 N–H and O–H groups in total. The molecule has 0 aliphatic rings. The zero-order valence-electron chi connectivity index (χ0n) is 10.2. The Balaban J connectivity index is 2.33. The third kappa shape index (κ3) is 3.51. The van der Waals surface area contributed by atoms with Crippen LogP contribution in [0.4, 0.5) is 19.1 Å². The van der Waals surface area contributed by atoms with Gasteiger partial charge >= 0.3 is 6.18 Å². The number of rotatable bonds is 3. The number of hydrogen-bond donors (Lipinski definition) is 1. The topological polar surface area (TPSA) is 47.0 Å². The molecule has 1 aromatic heterocycles. The first-order chi connectivity index (χ1) is 9.38. The molecular formula is C12H9ClF3N3O. The minimum absolute atomic E-state index is 0.177. The molecule has 0 atom stereocenters. The maximum absolute atomic E-state index is 12.7.